The van der Waals surface area contributed by atoms with Crippen molar-refractivity contribution >= 4 is 33.0 Å². The average Bonchev–Trinajstić information content (AvgIpc) is 2.65. The van der Waals surface area contributed by atoms with Gasteiger partial charge in [0.1, 0.15) is 10.4 Å². The molecule has 0 bridgehead atoms. The highest BCUT2D eigenvalue weighted by atomic mass is 79.9. The number of rotatable bonds is 1. The van der Waals surface area contributed by atoms with Gasteiger partial charge in [0.05, 0.1) is 5.52 Å². The summed E-state index contributed by atoms with van der Waals surface area (Å²) in [6, 6.07) is 12.0. The van der Waals surface area contributed by atoms with Gasteiger partial charge in [0.2, 0.25) is 0 Å². The van der Waals surface area contributed by atoms with E-state index in [0.717, 1.165) is 32.1 Å². The summed E-state index contributed by atoms with van der Waals surface area (Å²) in [6.07, 6.45) is 2.08. The summed E-state index contributed by atoms with van der Waals surface area (Å²) in [5, 5.41) is 0.746. The zero-order chi connectivity index (χ0) is 12.7. The molecule has 0 unspecified atom stereocenters. The van der Waals surface area contributed by atoms with Crippen LogP contribution in [-0.2, 0) is 0 Å². The summed E-state index contributed by atoms with van der Waals surface area (Å²) < 4.78 is 2.94. The molecule has 0 saturated carbocycles. The molecule has 0 saturated heterocycles. The van der Waals surface area contributed by atoms with E-state index in [9.17, 15) is 0 Å². The molecule has 1 aromatic carbocycles. The quantitative estimate of drug-likeness (QED) is 0.633. The Kier molecular flexibility index (Phi) is 2.88. The van der Waals surface area contributed by atoms with E-state index in [1.54, 1.807) is 0 Å². The van der Waals surface area contributed by atoms with Gasteiger partial charge in [-0.25, -0.2) is 4.98 Å². The predicted octanol–water partition coefficient (Wildman–Crippen LogP) is 4.73. The lowest BCUT2D eigenvalue weighted by atomic mass is 10.1. The molecular weight excluding hydrogens is 312 g/mol. The number of imidazole rings is 1. The molecule has 2 heterocycles. The van der Waals surface area contributed by atoms with Crippen LogP contribution >= 0.6 is 27.5 Å². The zero-order valence-electron chi connectivity index (χ0n) is 9.69. The molecule has 0 aliphatic rings. The van der Waals surface area contributed by atoms with Crippen LogP contribution in [0.4, 0.5) is 0 Å². The van der Waals surface area contributed by atoms with Crippen LogP contribution in [-0.4, -0.2) is 9.38 Å². The van der Waals surface area contributed by atoms with Gasteiger partial charge in [-0.05, 0) is 52.2 Å². The first-order valence-electron chi connectivity index (χ1n) is 5.55. The smallest absolute Gasteiger partial charge is 0.132 e. The fraction of sp³-hybridized carbons (Fsp3) is 0.0714. The van der Waals surface area contributed by atoms with Crippen molar-refractivity contribution in [2.45, 2.75) is 6.92 Å². The van der Waals surface area contributed by atoms with Crippen LogP contribution in [0.2, 0.25) is 5.02 Å². The van der Waals surface area contributed by atoms with Crippen LogP contribution in [0, 0.1) is 6.92 Å². The molecule has 0 radical (unpaired) electrons. The molecule has 3 aromatic rings. The van der Waals surface area contributed by atoms with Gasteiger partial charge in [-0.3, -0.25) is 0 Å². The van der Waals surface area contributed by atoms with E-state index < -0.39 is 0 Å². The standard InChI is InChI=1S/C14H10BrClN2/c1-9-17-14(15)13-6-5-11(8-18(9)13)10-3-2-4-12(16)7-10/h2-8H,1H3. The number of fused-ring (bicyclic) bond motifs is 1. The first kappa shape index (κ1) is 11.8. The fourth-order valence-corrected chi connectivity index (χ4v) is 2.80. The summed E-state index contributed by atoms with van der Waals surface area (Å²) in [4.78, 5) is 4.40. The Hall–Kier alpha value is -1.32. The molecule has 0 atom stereocenters. The number of nitrogens with zero attached hydrogens (tertiary/aromatic N) is 2. The maximum absolute atomic E-state index is 6.02. The van der Waals surface area contributed by atoms with Gasteiger partial charge in [-0.15, -0.1) is 0 Å². The maximum atomic E-state index is 6.02. The second-order valence-electron chi connectivity index (χ2n) is 4.13. The van der Waals surface area contributed by atoms with Crippen molar-refractivity contribution in [2.24, 2.45) is 0 Å². The molecule has 18 heavy (non-hydrogen) atoms. The van der Waals surface area contributed by atoms with Crippen LogP contribution < -0.4 is 0 Å². The monoisotopic (exact) mass is 320 g/mol. The van der Waals surface area contributed by atoms with Crippen molar-refractivity contribution in [1.82, 2.24) is 9.38 Å². The minimum absolute atomic E-state index is 0.746. The van der Waals surface area contributed by atoms with Gasteiger partial charge in [0.15, 0.2) is 0 Å². The van der Waals surface area contributed by atoms with E-state index in [1.165, 1.54) is 0 Å². The fourth-order valence-electron chi connectivity index (χ4n) is 2.03. The van der Waals surface area contributed by atoms with Crippen LogP contribution in [0.5, 0.6) is 0 Å². The number of halogens is 2. The summed E-state index contributed by atoms with van der Waals surface area (Å²) in [5.41, 5.74) is 3.30. The third kappa shape index (κ3) is 1.93. The largest absolute Gasteiger partial charge is 0.302 e. The summed E-state index contributed by atoms with van der Waals surface area (Å²) in [6.45, 7) is 1.99. The molecule has 2 nitrogen and oxygen atoms in total. The van der Waals surface area contributed by atoms with Gasteiger partial charge in [-0.1, -0.05) is 29.8 Å². The lowest BCUT2D eigenvalue weighted by Gasteiger charge is -2.04. The van der Waals surface area contributed by atoms with Gasteiger partial charge < -0.3 is 4.40 Å². The third-order valence-corrected chi connectivity index (χ3v) is 3.75. The Labute approximate surface area is 118 Å². The van der Waals surface area contributed by atoms with E-state index in [2.05, 4.69) is 43.6 Å². The van der Waals surface area contributed by atoms with Gasteiger partial charge in [-0.2, -0.15) is 0 Å². The molecule has 0 amide bonds. The van der Waals surface area contributed by atoms with E-state index in [0.29, 0.717) is 0 Å². The van der Waals surface area contributed by atoms with Crippen LogP contribution in [0.25, 0.3) is 16.6 Å². The minimum atomic E-state index is 0.746. The lowest BCUT2D eigenvalue weighted by molar-refractivity contribution is 1.04. The van der Waals surface area contributed by atoms with E-state index in [-0.39, 0.29) is 0 Å². The summed E-state index contributed by atoms with van der Waals surface area (Å²) in [5.74, 6) is 0.959. The normalized spacial score (nSPS) is 11.1. The average molecular weight is 322 g/mol. The second kappa shape index (κ2) is 4.41. The van der Waals surface area contributed by atoms with E-state index in [4.69, 9.17) is 11.6 Å². The highest BCUT2D eigenvalue weighted by Gasteiger charge is 2.07. The molecule has 3 rings (SSSR count). The lowest BCUT2D eigenvalue weighted by Crippen LogP contribution is -1.89. The van der Waals surface area contributed by atoms with Crippen molar-refractivity contribution in [3.63, 3.8) is 0 Å². The topological polar surface area (TPSA) is 17.3 Å². The molecule has 0 aliphatic heterocycles. The highest BCUT2D eigenvalue weighted by molar-refractivity contribution is 9.10. The minimum Gasteiger partial charge on any atom is -0.302 e. The van der Waals surface area contributed by atoms with Crippen LogP contribution in [0.3, 0.4) is 0 Å². The van der Waals surface area contributed by atoms with Gasteiger partial charge in [0.25, 0.3) is 0 Å². The molecule has 4 heteroatoms. The van der Waals surface area contributed by atoms with Crippen LogP contribution in [0.15, 0.2) is 47.2 Å². The molecular formula is C14H10BrClN2. The predicted molar refractivity (Wildman–Crippen MR) is 78.1 cm³/mol. The molecule has 90 valence electrons. The zero-order valence-corrected chi connectivity index (χ0v) is 12.0. The van der Waals surface area contributed by atoms with Gasteiger partial charge in [0, 0.05) is 11.2 Å². The number of hydrogen-bond donors (Lipinski definition) is 0. The maximum Gasteiger partial charge on any atom is 0.132 e. The molecule has 0 fully saturated rings. The second-order valence-corrected chi connectivity index (χ2v) is 5.32. The number of aromatic nitrogens is 2. The van der Waals surface area contributed by atoms with Crippen LogP contribution in [0.1, 0.15) is 5.82 Å². The molecule has 0 N–H and O–H groups in total. The number of benzene rings is 1. The molecule has 0 spiro atoms. The Morgan fingerprint density at radius 2 is 2.00 bits per heavy atom. The third-order valence-electron chi connectivity index (χ3n) is 2.93. The van der Waals surface area contributed by atoms with Crippen molar-refractivity contribution < 1.29 is 0 Å². The summed E-state index contributed by atoms with van der Waals surface area (Å²) in [7, 11) is 0. The Morgan fingerprint density at radius 3 is 2.78 bits per heavy atom. The number of hydrogen-bond acceptors (Lipinski definition) is 1. The van der Waals surface area contributed by atoms with Crippen molar-refractivity contribution in [2.75, 3.05) is 0 Å². The Balaban J connectivity index is 2.22. The number of pyridine rings is 1. The highest BCUT2D eigenvalue weighted by Crippen LogP contribution is 2.26. The molecule has 2 aromatic heterocycles. The van der Waals surface area contributed by atoms with E-state index in [1.807, 2.05) is 31.2 Å². The van der Waals surface area contributed by atoms with Crippen molar-refractivity contribution in [3.8, 4) is 11.1 Å². The first-order valence-corrected chi connectivity index (χ1v) is 6.72. The van der Waals surface area contributed by atoms with E-state index >= 15 is 0 Å². The summed E-state index contributed by atoms with van der Waals surface area (Å²) >= 11 is 9.48. The SMILES string of the molecule is Cc1nc(Br)c2ccc(-c3cccc(Cl)c3)cn12. The Bertz CT molecular complexity index is 734. The molecule has 0 aliphatic carbocycles. The first-order chi connectivity index (χ1) is 8.65. The number of aryl methyl sites for hydroxylation is 1. The Morgan fingerprint density at radius 1 is 1.17 bits per heavy atom. The van der Waals surface area contributed by atoms with Gasteiger partial charge >= 0.3 is 0 Å². The van der Waals surface area contributed by atoms with Crippen molar-refractivity contribution in [1.29, 1.82) is 0 Å². The van der Waals surface area contributed by atoms with Crippen molar-refractivity contribution in [3.05, 3.63) is 58.0 Å².